The molecule has 0 spiro atoms. The summed E-state index contributed by atoms with van der Waals surface area (Å²) < 4.78 is 4.73. The van der Waals surface area contributed by atoms with Crippen LogP contribution in [0.4, 0.5) is 5.13 Å². The molecule has 0 aliphatic rings. The van der Waals surface area contributed by atoms with Crippen molar-refractivity contribution in [1.29, 1.82) is 0 Å². The molecule has 5 aromatic rings. The number of amides is 1. The summed E-state index contributed by atoms with van der Waals surface area (Å²) in [6.07, 6.45) is 0. The lowest BCUT2D eigenvalue weighted by Crippen LogP contribution is -2.13. The van der Waals surface area contributed by atoms with Crippen molar-refractivity contribution in [3.05, 3.63) is 88.6 Å². The maximum absolute atomic E-state index is 13.2. The molecule has 3 heterocycles. The molecule has 0 radical (unpaired) electrons. The van der Waals surface area contributed by atoms with E-state index in [1.165, 1.54) is 18.4 Å². The van der Waals surface area contributed by atoms with Gasteiger partial charge in [-0.15, -0.1) is 22.7 Å². The van der Waals surface area contributed by atoms with Crippen molar-refractivity contribution < 1.29 is 14.3 Å². The number of carbonyl (C=O) groups excluding carboxylic acids is 2. The number of thiazole rings is 1. The van der Waals surface area contributed by atoms with Gasteiger partial charge in [-0.05, 0) is 35.7 Å². The number of ether oxygens (including phenoxy) is 1. The van der Waals surface area contributed by atoms with E-state index in [1.807, 2.05) is 53.2 Å². The van der Waals surface area contributed by atoms with Crippen molar-refractivity contribution in [3.8, 4) is 21.8 Å². The van der Waals surface area contributed by atoms with Gasteiger partial charge in [0, 0.05) is 16.3 Å². The largest absolute Gasteiger partial charge is 0.465 e. The second-order valence-electron chi connectivity index (χ2n) is 7.11. The van der Waals surface area contributed by atoms with Crippen LogP contribution in [0.1, 0.15) is 20.7 Å². The summed E-state index contributed by atoms with van der Waals surface area (Å²) in [6.45, 7) is 0. The monoisotopic (exact) mass is 471 g/mol. The molecule has 0 atom stereocenters. The minimum absolute atomic E-state index is 0.242. The maximum Gasteiger partial charge on any atom is 0.337 e. The standard InChI is InChI=1S/C25H17N3O3S2/c1-31-24(30)16-10-8-15(9-11-16)21-14-33-25(27-21)28-23(29)18-13-20(22-7-4-12-32-22)26-19-6-3-2-5-17(18)19/h2-14H,1H3,(H,27,28,29). The van der Waals surface area contributed by atoms with Crippen molar-refractivity contribution >= 4 is 50.6 Å². The van der Waals surface area contributed by atoms with Gasteiger partial charge in [0.1, 0.15) is 0 Å². The highest BCUT2D eigenvalue weighted by molar-refractivity contribution is 7.14. The van der Waals surface area contributed by atoms with E-state index in [9.17, 15) is 9.59 Å². The summed E-state index contributed by atoms with van der Waals surface area (Å²) in [5, 5.41) is 8.05. The average molecular weight is 472 g/mol. The molecule has 0 saturated heterocycles. The number of carbonyl (C=O) groups is 2. The Morgan fingerprint density at radius 1 is 0.909 bits per heavy atom. The first-order valence-electron chi connectivity index (χ1n) is 10.0. The molecule has 0 aliphatic heterocycles. The normalized spacial score (nSPS) is 10.8. The van der Waals surface area contributed by atoms with Gasteiger partial charge in [-0.25, -0.2) is 14.8 Å². The molecule has 0 saturated carbocycles. The van der Waals surface area contributed by atoms with Crippen LogP contribution in [0, 0.1) is 0 Å². The quantitative estimate of drug-likeness (QED) is 0.312. The predicted molar refractivity (Wildman–Crippen MR) is 132 cm³/mol. The molecule has 6 nitrogen and oxygen atoms in total. The molecular weight excluding hydrogens is 454 g/mol. The zero-order chi connectivity index (χ0) is 22.8. The molecule has 0 unspecified atom stereocenters. The predicted octanol–water partition coefficient (Wildman–Crippen LogP) is 6.13. The Hall–Kier alpha value is -3.88. The van der Waals surface area contributed by atoms with Crippen molar-refractivity contribution in [2.24, 2.45) is 0 Å². The lowest BCUT2D eigenvalue weighted by atomic mass is 10.1. The van der Waals surface area contributed by atoms with E-state index in [0.717, 1.165) is 27.0 Å². The van der Waals surface area contributed by atoms with E-state index in [-0.39, 0.29) is 11.9 Å². The number of hydrogen-bond acceptors (Lipinski definition) is 7. The fourth-order valence-corrected chi connectivity index (χ4v) is 4.84. The summed E-state index contributed by atoms with van der Waals surface area (Å²) in [4.78, 5) is 35.1. The molecular formula is C25H17N3O3S2. The van der Waals surface area contributed by atoms with Gasteiger partial charge < -0.3 is 4.74 Å². The van der Waals surface area contributed by atoms with Crippen molar-refractivity contribution in [3.63, 3.8) is 0 Å². The maximum atomic E-state index is 13.2. The van der Waals surface area contributed by atoms with Crippen LogP contribution in [0.5, 0.6) is 0 Å². The molecule has 1 N–H and O–H groups in total. The number of pyridine rings is 1. The lowest BCUT2D eigenvalue weighted by Gasteiger charge is -2.08. The molecule has 0 bridgehead atoms. The van der Waals surface area contributed by atoms with Gasteiger partial charge in [-0.2, -0.15) is 0 Å². The number of esters is 1. The zero-order valence-corrected chi connectivity index (χ0v) is 19.1. The fourth-order valence-electron chi connectivity index (χ4n) is 3.44. The number of anilines is 1. The minimum atomic E-state index is -0.390. The molecule has 0 fully saturated rings. The number of thiophene rings is 1. The van der Waals surface area contributed by atoms with E-state index >= 15 is 0 Å². The van der Waals surface area contributed by atoms with E-state index in [4.69, 9.17) is 9.72 Å². The summed E-state index contributed by atoms with van der Waals surface area (Å²) in [6, 6.07) is 20.4. The number of nitrogens with zero attached hydrogens (tertiary/aromatic N) is 2. The average Bonchev–Trinajstić information content (AvgIpc) is 3.56. The lowest BCUT2D eigenvalue weighted by molar-refractivity contribution is 0.0600. The molecule has 33 heavy (non-hydrogen) atoms. The van der Waals surface area contributed by atoms with Crippen LogP contribution >= 0.6 is 22.7 Å². The molecule has 2 aromatic carbocycles. The van der Waals surface area contributed by atoms with Gasteiger partial charge in [-0.1, -0.05) is 36.4 Å². The Labute approximate surface area is 197 Å². The highest BCUT2D eigenvalue weighted by Gasteiger charge is 2.16. The van der Waals surface area contributed by atoms with E-state index in [0.29, 0.717) is 22.0 Å². The van der Waals surface area contributed by atoms with Crippen molar-refractivity contribution in [1.82, 2.24) is 9.97 Å². The first kappa shape index (κ1) is 21.0. The van der Waals surface area contributed by atoms with Gasteiger partial charge in [0.15, 0.2) is 5.13 Å². The van der Waals surface area contributed by atoms with Gasteiger partial charge in [0.25, 0.3) is 5.91 Å². The summed E-state index contributed by atoms with van der Waals surface area (Å²) in [7, 11) is 1.35. The van der Waals surface area contributed by atoms with Crippen molar-refractivity contribution in [2.45, 2.75) is 0 Å². The van der Waals surface area contributed by atoms with E-state index in [1.54, 1.807) is 35.6 Å². The number of benzene rings is 2. The van der Waals surface area contributed by atoms with Crippen LogP contribution in [-0.2, 0) is 4.74 Å². The number of methoxy groups -OCH3 is 1. The van der Waals surface area contributed by atoms with Gasteiger partial charge in [0.05, 0.1) is 40.0 Å². The van der Waals surface area contributed by atoms with Crippen LogP contribution in [0.15, 0.2) is 77.5 Å². The Kier molecular flexibility index (Phi) is 5.68. The number of hydrogen-bond donors (Lipinski definition) is 1. The Morgan fingerprint density at radius 2 is 1.73 bits per heavy atom. The second-order valence-corrected chi connectivity index (χ2v) is 8.92. The Balaban J connectivity index is 1.43. The SMILES string of the molecule is COC(=O)c1ccc(-c2csc(NC(=O)c3cc(-c4cccs4)nc4ccccc34)n2)cc1. The van der Waals surface area contributed by atoms with Crippen LogP contribution in [0.25, 0.3) is 32.7 Å². The fraction of sp³-hybridized carbons (Fsp3) is 0.0400. The smallest absolute Gasteiger partial charge is 0.337 e. The summed E-state index contributed by atoms with van der Waals surface area (Å²) in [5.74, 6) is -0.632. The highest BCUT2D eigenvalue weighted by atomic mass is 32.1. The summed E-state index contributed by atoms with van der Waals surface area (Å²) in [5.41, 5.74) is 4.09. The second kappa shape index (κ2) is 8.93. The van der Waals surface area contributed by atoms with Crippen LogP contribution in [-0.4, -0.2) is 29.0 Å². The number of rotatable bonds is 5. The number of fused-ring (bicyclic) bond motifs is 1. The molecule has 8 heteroatoms. The Bertz CT molecular complexity index is 1460. The van der Waals surface area contributed by atoms with Crippen LogP contribution < -0.4 is 5.32 Å². The third kappa shape index (κ3) is 4.26. The molecule has 5 rings (SSSR count). The first-order chi connectivity index (χ1) is 16.1. The zero-order valence-electron chi connectivity index (χ0n) is 17.4. The molecule has 1 amide bonds. The number of para-hydroxylation sites is 1. The van der Waals surface area contributed by atoms with Gasteiger partial charge >= 0.3 is 5.97 Å². The van der Waals surface area contributed by atoms with E-state index < -0.39 is 0 Å². The number of nitrogens with one attached hydrogen (secondary N) is 1. The first-order valence-corrected chi connectivity index (χ1v) is 11.8. The third-order valence-corrected chi connectivity index (χ3v) is 6.71. The molecule has 0 aliphatic carbocycles. The molecule has 162 valence electrons. The van der Waals surface area contributed by atoms with E-state index in [2.05, 4.69) is 10.3 Å². The summed E-state index contributed by atoms with van der Waals surface area (Å²) >= 11 is 2.92. The third-order valence-electron chi connectivity index (χ3n) is 5.06. The molecule has 3 aromatic heterocycles. The minimum Gasteiger partial charge on any atom is -0.465 e. The van der Waals surface area contributed by atoms with Crippen LogP contribution in [0.2, 0.25) is 0 Å². The Morgan fingerprint density at radius 3 is 2.48 bits per heavy atom. The van der Waals surface area contributed by atoms with Gasteiger partial charge in [-0.3, -0.25) is 10.1 Å². The van der Waals surface area contributed by atoms with Crippen LogP contribution in [0.3, 0.4) is 0 Å². The van der Waals surface area contributed by atoms with Crippen molar-refractivity contribution in [2.75, 3.05) is 12.4 Å². The topological polar surface area (TPSA) is 81.2 Å². The highest BCUT2D eigenvalue weighted by Crippen LogP contribution is 2.30. The van der Waals surface area contributed by atoms with Gasteiger partial charge in [0.2, 0.25) is 0 Å². The number of aromatic nitrogens is 2.